The predicted octanol–water partition coefficient (Wildman–Crippen LogP) is 3.21. The van der Waals surface area contributed by atoms with Crippen LogP contribution in [0.5, 0.6) is 5.75 Å². The molecule has 0 bridgehead atoms. The van der Waals surface area contributed by atoms with E-state index in [0.717, 1.165) is 12.0 Å². The van der Waals surface area contributed by atoms with E-state index in [1.807, 2.05) is 18.0 Å². The summed E-state index contributed by atoms with van der Waals surface area (Å²) in [6.45, 7) is 5.31. The Bertz CT molecular complexity index is 564. The summed E-state index contributed by atoms with van der Waals surface area (Å²) in [7, 11) is 3.32. The molecule has 3 atom stereocenters. The third-order valence-corrected chi connectivity index (χ3v) is 5.14. The fourth-order valence-corrected chi connectivity index (χ4v) is 3.46. The van der Waals surface area contributed by atoms with Crippen LogP contribution < -0.4 is 10.1 Å². The highest BCUT2D eigenvalue weighted by atomic mass is 19.1. The van der Waals surface area contributed by atoms with Gasteiger partial charge in [0, 0.05) is 12.6 Å². The van der Waals surface area contributed by atoms with Gasteiger partial charge in [0.25, 0.3) is 0 Å². The van der Waals surface area contributed by atoms with Crippen LogP contribution >= 0.6 is 0 Å². The molecule has 0 heterocycles. The van der Waals surface area contributed by atoms with Gasteiger partial charge in [-0.05, 0) is 43.0 Å². The van der Waals surface area contributed by atoms with Gasteiger partial charge >= 0.3 is 0 Å². The molecule has 24 heavy (non-hydrogen) atoms. The Morgan fingerprint density at radius 3 is 2.79 bits per heavy atom. The summed E-state index contributed by atoms with van der Waals surface area (Å²) in [5.74, 6) is 1.07. The Labute approximate surface area is 144 Å². The molecule has 1 aromatic rings. The van der Waals surface area contributed by atoms with Crippen molar-refractivity contribution in [3.63, 3.8) is 0 Å². The molecule has 1 saturated carbocycles. The maximum absolute atomic E-state index is 13.7. The Morgan fingerprint density at radius 1 is 1.38 bits per heavy atom. The first-order valence-corrected chi connectivity index (χ1v) is 8.71. The summed E-state index contributed by atoms with van der Waals surface area (Å²) in [6, 6.07) is 5.16. The molecule has 134 valence electrons. The second kappa shape index (κ2) is 8.47. The van der Waals surface area contributed by atoms with E-state index in [9.17, 15) is 9.18 Å². The minimum absolute atomic E-state index is 0.0393. The van der Waals surface area contributed by atoms with Gasteiger partial charge in [-0.15, -0.1) is 0 Å². The molecular weight excluding hydrogens is 307 g/mol. The summed E-state index contributed by atoms with van der Waals surface area (Å²) in [4.78, 5) is 14.2. The van der Waals surface area contributed by atoms with Crippen molar-refractivity contribution in [2.75, 3.05) is 20.7 Å². The third-order valence-electron chi connectivity index (χ3n) is 5.14. The van der Waals surface area contributed by atoms with Gasteiger partial charge < -0.3 is 10.1 Å². The van der Waals surface area contributed by atoms with Crippen molar-refractivity contribution >= 4 is 5.91 Å². The van der Waals surface area contributed by atoms with Gasteiger partial charge in [-0.25, -0.2) is 4.39 Å². The fraction of sp³-hybridized carbons (Fsp3) is 0.632. The topological polar surface area (TPSA) is 41.6 Å². The zero-order chi connectivity index (χ0) is 17.7. The zero-order valence-corrected chi connectivity index (χ0v) is 15.1. The number of hydrogen-bond donors (Lipinski definition) is 1. The summed E-state index contributed by atoms with van der Waals surface area (Å²) in [6.07, 6.45) is 3.48. The normalized spacial score (nSPS) is 24.0. The average molecular weight is 336 g/mol. The fourth-order valence-electron chi connectivity index (χ4n) is 3.46. The summed E-state index contributed by atoms with van der Waals surface area (Å²) in [5.41, 5.74) is 0.822. The molecule has 1 aliphatic carbocycles. The first kappa shape index (κ1) is 18.7. The van der Waals surface area contributed by atoms with Gasteiger partial charge in [-0.2, -0.15) is 0 Å². The number of ether oxygens (including phenoxy) is 1. The number of nitrogens with zero attached hydrogens (tertiary/aromatic N) is 1. The van der Waals surface area contributed by atoms with Crippen molar-refractivity contribution in [3.05, 3.63) is 29.6 Å². The van der Waals surface area contributed by atoms with Crippen LogP contribution in [-0.4, -0.2) is 37.6 Å². The first-order valence-electron chi connectivity index (χ1n) is 8.71. The molecule has 5 heteroatoms. The number of amides is 1. The number of halogens is 1. The largest absolute Gasteiger partial charge is 0.494 e. The van der Waals surface area contributed by atoms with Gasteiger partial charge in [0.15, 0.2) is 11.6 Å². The van der Waals surface area contributed by atoms with Crippen LogP contribution in [-0.2, 0) is 11.3 Å². The monoisotopic (exact) mass is 336 g/mol. The van der Waals surface area contributed by atoms with Crippen LogP contribution in [0.3, 0.4) is 0 Å². The molecule has 0 aliphatic heterocycles. The van der Waals surface area contributed by atoms with Crippen LogP contribution in [0.4, 0.5) is 4.39 Å². The molecule has 0 aromatic heterocycles. The van der Waals surface area contributed by atoms with E-state index in [0.29, 0.717) is 24.9 Å². The standard InChI is InChI=1S/C19H29FN2O2/c1-13-6-5-7-17(14(13)2)21-19(23)12-22(3)11-15-8-9-18(24-4)16(20)10-15/h8-10,13-14,17H,5-7,11-12H2,1-4H3,(H,21,23). The minimum Gasteiger partial charge on any atom is -0.494 e. The molecule has 1 amide bonds. The van der Waals surface area contributed by atoms with Crippen molar-refractivity contribution in [1.82, 2.24) is 10.2 Å². The number of benzene rings is 1. The maximum atomic E-state index is 13.7. The average Bonchev–Trinajstić information content (AvgIpc) is 2.52. The van der Waals surface area contributed by atoms with Crippen molar-refractivity contribution < 1.29 is 13.9 Å². The summed E-state index contributed by atoms with van der Waals surface area (Å²) >= 11 is 0. The Morgan fingerprint density at radius 2 is 2.12 bits per heavy atom. The van der Waals surface area contributed by atoms with E-state index in [4.69, 9.17) is 4.74 Å². The van der Waals surface area contributed by atoms with E-state index >= 15 is 0 Å². The van der Waals surface area contributed by atoms with E-state index < -0.39 is 0 Å². The molecule has 4 nitrogen and oxygen atoms in total. The first-order chi connectivity index (χ1) is 11.4. The second-order valence-electron chi connectivity index (χ2n) is 7.08. The van der Waals surface area contributed by atoms with Crippen molar-refractivity contribution in [1.29, 1.82) is 0 Å². The Balaban J connectivity index is 1.84. The number of rotatable bonds is 6. The molecule has 1 N–H and O–H groups in total. The number of likely N-dealkylation sites (N-methyl/N-ethyl adjacent to an activating group) is 1. The summed E-state index contributed by atoms with van der Waals surface area (Å²) < 4.78 is 18.6. The highest BCUT2D eigenvalue weighted by Crippen LogP contribution is 2.29. The lowest BCUT2D eigenvalue weighted by atomic mass is 9.78. The van der Waals surface area contributed by atoms with Crippen LogP contribution in [0, 0.1) is 17.7 Å². The molecule has 3 unspecified atom stereocenters. The lowest BCUT2D eigenvalue weighted by Crippen LogP contribution is -2.46. The van der Waals surface area contributed by atoms with E-state index in [1.165, 1.54) is 26.0 Å². The summed E-state index contributed by atoms with van der Waals surface area (Å²) in [5, 5.41) is 3.17. The SMILES string of the molecule is COc1ccc(CN(C)CC(=O)NC2CCCC(C)C2C)cc1F. The van der Waals surface area contributed by atoms with Crippen LogP contribution in [0.15, 0.2) is 18.2 Å². The van der Waals surface area contributed by atoms with Crippen LogP contribution in [0.1, 0.15) is 38.7 Å². The third kappa shape index (κ3) is 4.94. The molecule has 0 radical (unpaired) electrons. The highest BCUT2D eigenvalue weighted by molar-refractivity contribution is 5.78. The molecule has 1 fully saturated rings. The number of carbonyl (C=O) groups excluding carboxylic acids is 1. The maximum Gasteiger partial charge on any atom is 0.234 e. The van der Waals surface area contributed by atoms with E-state index in [-0.39, 0.29) is 23.5 Å². The van der Waals surface area contributed by atoms with Crippen molar-refractivity contribution in [2.45, 2.75) is 45.7 Å². The van der Waals surface area contributed by atoms with Crippen molar-refractivity contribution in [3.8, 4) is 5.75 Å². The quantitative estimate of drug-likeness (QED) is 0.867. The van der Waals surface area contributed by atoms with E-state index in [2.05, 4.69) is 19.2 Å². The smallest absolute Gasteiger partial charge is 0.234 e. The number of carbonyl (C=O) groups is 1. The predicted molar refractivity (Wildman–Crippen MR) is 93.4 cm³/mol. The van der Waals surface area contributed by atoms with Gasteiger partial charge in [0.05, 0.1) is 13.7 Å². The Kier molecular flexibility index (Phi) is 6.60. The lowest BCUT2D eigenvalue weighted by molar-refractivity contribution is -0.123. The van der Waals surface area contributed by atoms with E-state index in [1.54, 1.807) is 6.07 Å². The number of hydrogen-bond acceptors (Lipinski definition) is 3. The van der Waals surface area contributed by atoms with Gasteiger partial charge in [-0.3, -0.25) is 9.69 Å². The lowest BCUT2D eigenvalue weighted by Gasteiger charge is -2.35. The Hall–Kier alpha value is -1.62. The van der Waals surface area contributed by atoms with Crippen LogP contribution in [0.2, 0.25) is 0 Å². The van der Waals surface area contributed by atoms with Gasteiger partial charge in [0.1, 0.15) is 0 Å². The number of methoxy groups -OCH3 is 1. The number of nitrogens with one attached hydrogen (secondary N) is 1. The van der Waals surface area contributed by atoms with Crippen molar-refractivity contribution in [2.24, 2.45) is 11.8 Å². The second-order valence-corrected chi connectivity index (χ2v) is 7.08. The highest BCUT2D eigenvalue weighted by Gasteiger charge is 2.28. The molecule has 2 rings (SSSR count). The molecule has 1 aliphatic rings. The van der Waals surface area contributed by atoms with Gasteiger partial charge in [0.2, 0.25) is 5.91 Å². The molecule has 0 saturated heterocycles. The minimum atomic E-state index is -0.377. The van der Waals surface area contributed by atoms with Gasteiger partial charge in [-0.1, -0.05) is 32.8 Å². The zero-order valence-electron chi connectivity index (χ0n) is 15.1. The molecule has 0 spiro atoms. The molecular formula is C19H29FN2O2. The molecule has 1 aromatic carbocycles. The van der Waals surface area contributed by atoms with Crippen LogP contribution in [0.25, 0.3) is 0 Å².